The molecule has 1 aliphatic rings. The number of carbonyl (C=O) groups excluding carboxylic acids is 1. The number of hydrogen-bond donors (Lipinski definition) is 1. The molecule has 2 rings (SSSR count). The third-order valence-electron chi connectivity index (χ3n) is 4.63. The van der Waals surface area contributed by atoms with Crippen LogP contribution >= 0.6 is 23.4 Å². The third-order valence-corrected chi connectivity index (χ3v) is 5.93. The number of amides is 1. The van der Waals surface area contributed by atoms with Gasteiger partial charge in [-0.15, -0.1) is 11.8 Å². The molecule has 0 aromatic heterocycles. The van der Waals surface area contributed by atoms with Crippen LogP contribution in [0.25, 0.3) is 0 Å². The van der Waals surface area contributed by atoms with Gasteiger partial charge in [0.1, 0.15) is 5.60 Å². The van der Waals surface area contributed by atoms with E-state index >= 15 is 0 Å². The van der Waals surface area contributed by atoms with Gasteiger partial charge >= 0.3 is 11.8 Å². The maximum Gasteiger partial charge on any atom is 0.416 e. The molecule has 2 atom stereocenters. The number of halogens is 3. The van der Waals surface area contributed by atoms with E-state index in [1.165, 1.54) is 17.8 Å². The van der Waals surface area contributed by atoms with Crippen molar-refractivity contribution >= 4 is 34.6 Å². The molecule has 1 aromatic carbocycles. The van der Waals surface area contributed by atoms with Crippen LogP contribution in [0.1, 0.15) is 52.0 Å². The molecule has 0 bridgehead atoms. The molecule has 34 heavy (non-hydrogen) atoms. The molecule has 0 unspecified atom stereocenters. The van der Waals surface area contributed by atoms with Crippen molar-refractivity contribution < 1.29 is 23.2 Å². The van der Waals surface area contributed by atoms with E-state index in [0.29, 0.717) is 17.7 Å². The summed E-state index contributed by atoms with van der Waals surface area (Å²) in [5, 5.41) is 11.6. The quantitative estimate of drug-likeness (QED) is 0.255. The Balaban J connectivity index is 2.49. The summed E-state index contributed by atoms with van der Waals surface area (Å²) in [5.74, 6) is -2.39. The zero-order valence-electron chi connectivity index (χ0n) is 19.3. The monoisotopic (exact) mass is 516 g/mol. The van der Waals surface area contributed by atoms with Crippen LogP contribution in [0.5, 0.6) is 0 Å². The molecule has 0 saturated heterocycles. The van der Waals surface area contributed by atoms with E-state index in [0.717, 1.165) is 23.5 Å². The zero-order chi connectivity index (χ0) is 25.8. The number of carbonyl (C=O) groups is 1. The molecule has 1 amide bonds. The van der Waals surface area contributed by atoms with Crippen LogP contribution in [-0.4, -0.2) is 38.5 Å². The van der Waals surface area contributed by atoms with Crippen molar-refractivity contribution in [2.45, 2.75) is 58.1 Å². The maximum atomic E-state index is 13.7. The van der Waals surface area contributed by atoms with Crippen molar-refractivity contribution in [3.05, 3.63) is 68.6 Å². The Morgan fingerprint density at radius 1 is 1.41 bits per heavy atom. The van der Waals surface area contributed by atoms with E-state index < -0.39 is 56.9 Å². The SMILES string of the molecule is C=C(/N=C(Cl)\C(=C(/N)N(C(=O)OC(C)(C)C)[C@@H]1C[C@H]1c1ccc(F)c(F)c1)[N+](=O)[O-])SCCC. The summed E-state index contributed by atoms with van der Waals surface area (Å²) < 4.78 is 32.5. The van der Waals surface area contributed by atoms with Crippen LogP contribution in [0.4, 0.5) is 13.6 Å². The summed E-state index contributed by atoms with van der Waals surface area (Å²) >= 11 is 7.40. The van der Waals surface area contributed by atoms with Gasteiger partial charge in [-0.2, -0.15) is 0 Å². The number of allylic oxidation sites excluding steroid dienone is 1. The fourth-order valence-corrected chi connectivity index (χ4v) is 4.01. The number of nitrogens with two attached hydrogens (primary N) is 1. The summed E-state index contributed by atoms with van der Waals surface area (Å²) in [6.45, 7) is 10.5. The fourth-order valence-electron chi connectivity index (χ4n) is 3.09. The lowest BCUT2D eigenvalue weighted by molar-refractivity contribution is -0.416. The van der Waals surface area contributed by atoms with Crippen LogP contribution in [0, 0.1) is 21.7 Å². The predicted molar refractivity (Wildman–Crippen MR) is 129 cm³/mol. The highest BCUT2D eigenvalue weighted by atomic mass is 35.5. The molecule has 12 heteroatoms. The number of benzene rings is 1. The molecule has 1 aromatic rings. The van der Waals surface area contributed by atoms with Crippen molar-refractivity contribution in [1.29, 1.82) is 0 Å². The van der Waals surface area contributed by atoms with Gasteiger partial charge in [0.05, 0.1) is 9.95 Å². The second-order valence-corrected chi connectivity index (χ2v) is 10.1. The third kappa shape index (κ3) is 7.17. The normalized spacial score (nSPS) is 18.7. The fraction of sp³-hybridized carbons (Fsp3) is 0.455. The second kappa shape index (κ2) is 11.2. The molecule has 8 nitrogen and oxygen atoms in total. The van der Waals surface area contributed by atoms with Gasteiger partial charge in [0, 0.05) is 12.0 Å². The standard InChI is InChI=1S/C22H27ClF2N4O4S/c1-6-9-34-12(2)27-19(23)18(29(31)32)20(26)28(21(30)33-22(3,4)5)17-11-14(17)13-7-8-15(24)16(25)10-13/h7-8,10,14,17H,2,6,9,11,26H2,1,3-5H3/b20-18-,27-19+/t14-,17+/m0/s1. The molecule has 0 radical (unpaired) electrons. The Morgan fingerprint density at radius 3 is 2.59 bits per heavy atom. The van der Waals surface area contributed by atoms with Gasteiger partial charge in [-0.25, -0.2) is 18.6 Å². The molecule has 2 N–H and O–H groups in total. The lowest BCUT2D eigenvalue weighted by Gasteiger charge is -2.27. The van der Waals surface area contributed by atoms with E-state index in [-0.39, 0.29) is 5.03 Å². The maximum absolute atomic E-state index is 13.7. The summed E-state index contributed by atoms with van der Waals surface area (Å²) in [5.41, 5.74) is 4.82. The largest absolute Gasteiger partial charge is 0.443 e. The molecule has 186 valence electrons. The lowest BCUT2D eigenvalue weighted by atomic mass is 10.1. The van der Waals surface area contributed by atoms with Crippen molar-refractivity contribution in [2.24, 2.45) is 10.7 Å². The minimum Gasteiger partial charge on any atom is -0.443 e. The predicted octanol–water partition coefficient (Wildman–Crippen LogP) is 5.71. The molecule has 0 spiro atoms. The summed E-state index contributed by atoms with van der Waals surface area (Å²) in [6, 6.07) is 2.68. The first-order chi connectivity index (χ1) is 15.8. The average Bonchev–Trinajstić information content (AvgIpc) is 3.47. The first-order valence-electron chi connectivity index (χ1n) is 10.4. The summed E-state index contributed by atoms with van der Waals surface area (Å²) in [4.78, 5) is 28.9. The number of nitrogens with zero attached hydrogens (tertiary/aromatic N) is 3. The number of thioether (sulfide) groups is 1. The van der Waals surface area contributed by atoms with Crippen molar-refractivity contribution in [2.75, 3.05) is 5.75 Å². The molecule has 1 saturated carbocycles. The minimum atomic E-state index is -1.04. The molecular weight excluding hydrogens is 490 g/mol. The van der Waals surface area contributed by atoms with Crippen LogP contribution in [0.15, 0.2) is 46.3 Å². The van der Waals surface area contributed by atoms with Crippen LogP contribution in [-0.2, 0) is 4.74 Å². The number of rotatable bonds is 9. The number of nitro groups is 1. The van der Waals surface area contributed by atoms with Gasteiger partial charge in [-0.3, -0.25) is 15.0 Å². The Morgan fingerprint density at radius 2 is 2.06 bits per heavy atom. The molecular formula is C22H27ClF2N4O4S. The van der Waals surface area contributed by atoms with Gasteiger partial charge in [0.25, 0.3) is 0 Å². The molecule has 1 fully saturated rings. The number of hydrogen-bond acceptors (Lipinski definition) is 7. The molecule has 0 aliphatic heterocycles. The minimum absolute atomic E-state index is 0.244. The summed E-state index contributed by atoms with van der Waals surface area (Å²) in [7, 11) is 0. The van der Waals surface area contributed by atoms with Gasteiger partial charge in [-0.1, -0.05) is 31.2 Å². The Kier molecular flexibility index (Phi) is 9.07. The first-order valence-corrected chi connectivity index (χ1v) is 11.8. The highest BCUT2D eigenvalue weighted by Crippen LogP contribution is 2.46. The van der Waals surface area contributed by atoms with E-state index in [1.807, 2.05) is 6.92 Å². The Bertz CT molecular complexity index is 1040. The van der Waals surface area contributed by atoms with Gasteiger partial charge in [0.15, 0.2) is 17.5 Å². The Labute approximate surface area is 206 Å². The van der Waals surface area contributed by atoms with Crippen molar-refractivity contribution in [3.8, 4) is 0 Å². The first kappa shape index (κ1) is 27.6. The number of aliphatic imine (C=N–C) groups is 1. The van der Waals surface area contributed by atoms with Gasteiger partial charge in [-0.05, 0) is 57.1 Å². The average molecular weight is 517 g/mol. The van der Waals surface area contributed by atoms with Gasteiger partial charge in [0.2, 0.25) is 5.17 Å². The van der Waals surface area contributed by atoms with E-state index in [2.05, 4.69) is 11.6 Å². The van der Waals surface area contributed by atoms with Crippen molar-refractivity contribution in [1.82, 2.24) is 4.90 Å². The Hall–Kier alpha value is -2.66. The van der Waals surface area contributed by atoms with Crippen LogP contribution < -0.4 is 5.73 Å². The van der Waals surface area contributed by atoms with E-state index in [9.17, 15) is 23.7 Å². The topological polar surface area (TPSA) is 111 Å². The van der Waals surface area contributed by atoms with E-state index in [4.69, 9.17) is 22.1 Å². The molecule has 1 aliphatic carbocycles. The number of ether oxygens (including phenoxy) is 1. The highest BCUT2D eigenvalue weighted by molar-refractivity contribution is 8.03. The van der Waals surface area contributed by atoms with E-state index in [1.54, 1.807) is 20.8 Å². The zero-order valence-corrected chi connectivity index (χ0v) is 20.9. The lowest BCUT2D eigenvalue weighted by Crippen LogP contribution is -2.42. The van der Waals surface area contributed by atoms with Crippen LogP contribution in [0.3, 0.4) is 0 Å². The second-order valence-electron chi connectivity index (χ2n) is 8.57. The van der Waals surface area contributed by atoms with Crippen LogP contribution in [0.2, 0.25) is 0 Å². The molecule has 0 heterocycles. The smallest absolute Gasteiger partial charge is 0.416 e. The summed E-state index contributed by atoms with van der Waals surface area (Å²) in [6.07, 6.45) is 0.184. The van der Waals surface area contributed by atoms with Crippen molar-refractivity contribution in [3.63, 3.8) is 0 Å². The highest BCUT2D eigenvalue weighted by Gasteiger charge is 2.49. The van der Waals surface area contributed by atoms with Gasteiger partial charge < -0.3 is 10.5 Å².